The van der Waals surface area contributed by atoms with Crippen LogP contribution >= 0.6 is 11.8 Å². The van der Waals surface area contributed by atoms with E-state index in [2.05, 4.69) is 19.2 Å². The minimum atomic E-state index is -0.555. The zero-order valence-corrected chi connectivity index (χ0v) is 25.3. The van der Waals surface area contributed by atoms with Gasteiger partial charge in [-0.25, -0.2) is 0 Å². The summed E-state index contributed by atoms with van der Waals surface area (Å²) in [6.45, 7) is 4.20. The molecule has 44 heavy (non-hydrogen) atoms. The first-order chi connectivity index (χ1) is 21.3. The molecule has 0 unspecified atom stereocenters. The SMILES string of the molecule is CC1(C)CC(=O)C2=C(C1)NC1=C(C(=O)c3ccccc31)[C@@H]2c1ccc(OC(=O)[C@H](Sc2ccccc2)c2ccccc2)cc1. The Labute approximate surface area is 261 Å². The standard InChI is InChI=1S/C38H31NO4S/c1-38(2)21-29-32(30(40)22-38)31(33-34(39-29)27-15-9-10-16-28(27)35(33)41)23-17-19-25(20-18-23)43-37(42)36(24-11-5-3-6-12-24)44-26-13-7-4-8-14-26/h3-20,31,36,39H,21-22H2,1-2H3/t31-,36-/m1/s1. The molecule has 1 heterocycles. The van der Waals surface area contributed by atoms with Crippen LogP contribution in [0.25, 0.3) is 5.70 Å². The van der Waals surface area contributed by atoms with Gasteiger partial charge in [-0.3, -0.25) is 14.4 Å². The van der Waals surface area contributed by atoms with E-state index in [1.54, 1.807) is 12.1 Å². The zero-order valence-electron chi connectivity index (χ0n) is 24.5. The molecule has 1 N–H and O–H groups in total. The quantitative estimate of drug-likeness (QED) is 0.138. The summed E-state index contributed by atoms with van der Waals surface area (Å²) in [5.74, 6) is -0.469. The van der Waals surface area contributed by atoms with Crippen LogP contribution in [0.4, 0.5) is 0 Å². The monoisotopic (exact) mass is 597 g/mol. The summed E-state index contributed by atoms with van der Waals surface area (Å²) in [4.78, 5) is 42.0. The van der Waals surface area contributed by atoms with Gasteiger partial charge in [0.05, 0.1) is 5.70 Å². The highest BCUT2D eigenvalue weighted by Gasteiger charge is 2.46. The Balaban J connectivity index is 1.21. The Morgan fingerprint density at radius 2 is 1.43 bits per heavy atom. The highest BCUT2D eigenvalue weighted by molar-refractivity contribution is 8.00. The lowest BCUT2D eigenvalue weighted by Gasteiger charge is -2.39. The molecule has 0 radical (unpaired) electrons. The number of benzene rings is 4. The smallest absolute Gasteiger partial charge is 0.329 e. The van der Waals surface area contributed by atoms with Crippen molar-refractivity contribution < 1.29 is 19.1 Å². The number of dihydropyridines is 1. The Morgan fingerprint density at radius 3 is 2.14 bits per heavy atom. The fourth-order valence-corrected chi connectivity index (χ4v) is 7.56. The molecule has 0 saturated heterocycles. The average molecular weight is 598 g/mol. The Hall–Kier alpha value is -4.68. The molecule has 0 bridgehead atoms. The zero-order chi connectivity index (χ0) is 30.4. The Bertz CT molecular complexity index is 1860. The highest BCUT2D eigenvalue weighted by Crippen LogP contribution is 2.51. The molecule has 4 aromatic carbocycles. The van der Waals surface area contributed by atoms with Gasteiger partial charge in [-0.1, -0.05) is 98.8 Å². The van der Waals surface area contributed by atoms with Crippen molar-refractivity contribution in [2.45, 2.75) is 42.8 Å². The van der Waals surface area contributed by atoms with Crippen molar-refractivity contribution in [1.82, 2.24) is 5.32 Å². The number of hydrogen-bond donors (Lipinski definition) is 1. The average Bonchev–Trinajstić information content (AvgIpc) is 3.31. The van der Waals surface area contributed by atoms with E-state index in [0.717, 1.165) is 33.0 Å². The summed E-state index contributed by atoms with van der Waals surface area (Å²) in [7, 11) is 0. The molecule has 6 heteroatoms. The highest BCUT2D eigenvalue weighted by atomic mass is 32.2. The third-order valence-corrected chi connectivity index (χ3v) is 9.72. The molecule has 0 saturated carbocycles. The van der Waals surface area contributed by atoms with Crippen LogP contribution in [-0.4, -0.2) is 17.5 Å². The maximum Gasteiger partial charge on any atom is 0.329 e. The fraction of sp³-hybridized carbons (Fsp3) is 0.184. The minimum Gasteiger partial charge on any atom is -0.425 e. The summed E-state index contributed by atoms with van der Waals surface area (Å²) in [6, 6.07) is 34.3. The molecule has 0 fully saturated rings. The van der Waals surface area contributed by atoms with Gasteiger partial charge in [0.2, 0.25) is 0 Å². The van der Waals surface area contributed by atoms with Gasteiger partial charge in [0, 0.05) is 45.2 Å². The maximum absolute atomic E-state index is 13.8. The van der Waals surface area contributed by atoms with E-state index in [-0.39, 0.29) is 23.0 Å². The van der Waals surface area contributed by atoms with Crippen LogP contribution in [0.3, 0.4) is 0 Å². The van der Waals surface area contributed by atoms with Gasteiger partial charge in [0.1, 0.15) is 11.0 Å². The molecule has 218 valence electrons. The van der Waals surface area contributed by atoms with Gasteiger partial charge in [-0.2, -0.15) is 0 Å². The van der Waals surface area contributed by atoms with Crippen LogP contribution in [0.2, 0.25) is 0 Å². The summed E-state index contributed by atoms with van der Waals surface area (Å²) in [5, 5.41) is 2.97. The van der Waals surface area contributed by atoms with Crippen LogP contribution in [0.1, 0.15) is 64.9 Å². The van der Waals surface area contributed by atoms with Gasteiger partial charge >= 0.3 is 5.97 Å². The number of carbonyl (C=O) groups is 3. The number of thioether (sulfide) groups is 1. The topological polar surface area (TPSA) is 72.5 Å². The predicted molar refractivity (Wildman–Crippen MR) is 172 cm³/mol. The minimum absolute atomic E-state index is 0.0585. The van der Waals surface area contributed by atoms with Crippen molar-refractivity contribution in [2.24, 2.45) is 5.41 Å². The summed E-state index contributed by atoms with van der Waals surface area (Å²) in [6.07, 6.45) is 1.14. The molecule has 4 aromatic rings. The number of rotatable bonds is 6. The molecule has 0 amide bonds. The second-order valence-corrected chi connectivity index (χ2v) is 13.4. The number of allylic oxidation sites excluding steroid dienone is 3. The van der Waals surface area contributed by atoms with E-state index in [1.807, 2.05) is 97.1 Å². The fourth-order valence-electron chi connectivity index (χ4n) is 6.54. The van der Waals surface area contributed by atoms with Gasteiger partial charge in [0.25, 0.3) is 0 Å². The Kier molecular flexibility index (Phi) is 7.10. The van der Waals surface area contributed by atoms with Crippen LogP contribution in [0, 0.1) is 5.41 Å². The van der Waals surface area contributed by atoms with Crippen molar-refractivity contribution >= 4 is 35.0 Å². The van der Waals surface area contributed by atoms with Gasteiger partial charge in [0.15, 0.2) is 11.6 Å². The van der Waals surface area contributed by atoms with E-state index in [0.29, 0.717) is 35.3 Å². The molecule has 5 nitrogen and oxygen atoms in total. The van der Waals surface area contributed by atoms with E-state index >= 15 is 0 Å². The van der Waals surface area contributed by atoms with Gasteiger partial charge in [-0.15, -0.1) is 11.8 Å². The molecule has 7 rings (SSSR count). The lowest BCUT2D eigenvalue weighted by molar-refractivity contribution is -0.133. The second kappa shape index (κ2) is 11.1. The molecule has 0 spiro atoms. The number of ketones is 2. The van der Waals surface area contributed by atoms with Crippen LogP contribution < -0.4 is 10.1 Å². The van der Waals surface area contributed by atoms with E-state index < -0.39 is 11.2 Å². The normalized spacial score (nSPS) is 19.1. The maximum atomic E-state index is 13.8. The van der Waals surface area contributed by atoms with Crippen LogP contribution in [-0.2, 0) is 9.59 Å². The number of ether oxygens (including phenoxy) is 1. The largest absolute Gasteiger partial charge is 0.425 e. The van der Waals surface area contributed by atoms with Crippen LogP contribution in [0.5, 0.6) is 5.75 Å². The third kappa shape index (κ3) is 5.09. The molecular formula is C38H31NO4S. The van der Waals surface area contributed by atoms with Crippen LogP contribution in [0.15, 0.2) is 131 Å². The summed E-state index contributed by atoms with van der Waals surface area (Å²) >= 11 is 1.44. The third-order valence-electron chi connectivity index (χ3n) is 8.47. The summed E-state index contributed by atoms with van der Waals surface area (Å²) < 4.78 is 5.93. The van der Waals surface area contributed by atoms with Crippen molar-refractivity contribution in [3.8, 4) is 5.75 Å². The number of fused-ring (bicyclic) bond motifs is 2. The molecule has 2 atom stereocenters. The molecule has 1 aliphatic heterocycles. The summed E-state index contributed by atoms with van der Waals surface area (Å²) in [5.41, 5.74) is 5.96. The van der Waals surface area contributed by atoms with E-state index in [1.165, 1.54) is 11.8 Å². The number of carbonyl (C=O) groups excluding carboxylic acids is 3. The first kappa shape index (κ1) is 28.1. The first-order valence-corrected chi connectivity index (χ1v) is 15.7. The lowest BCUT2D eigenvalue weighted by atomic mass is 9.68. The predicted octanol–water partition coefficient (Wildman–Crippen LogP) is 8.06. The number of nitrogens with one attached hydrogen (secondary N) is 1. The van der Waals surface area contributed by atoms with E-state index in [4.69, 9.17) is 4.74 Å². The Morgan fingerprint density at radius 1 is 0.795 bits per heavy atom. The molecule has 2 aliphatic carbocycles. The van der Waals surface area contributed by atoms with E-state index in [9.17, 15) is 14.4 Å². The number of esters is 1. The van der Waals surface area contributed by atoms with Crippen molar-refractivity contribution in [3.63, 3.8) is 0 Å². The lowest BCUT2D eigenvalue weighted by Crippen LogP contribution is -2.37. The number of Topliss-reactive ketones (excluding diaryl/α,β-unsaturated/α-hetero) is 2. The first-order valence-electron chi connectivity index (χ1n) is 14.8. The van der Waals surface area contributed by atoms with Gasteiger partial charge in [-0.05, 0) is 47.2 Å². The molecular weight excluding hydrogens is 566 g/mol. The molecule has 0 aromatic heterocycles. The van der Waals surface area contributed by atoms with Crippen molar-refractivity contribution in [2.75, 3.05) is 0 Å². The molecule has 3 aliphatic rings. The second-order valence-electron chi connectivity index (χ2n) is 12.3. The van der Waals surface area contributed by atoms with Gasteiger partial charge < -0.3 is 10.1 Å². The number of hydrogen-bond acceptors (Lipinski definition) is 6. The van der Waals surface area contributed by atoms with Crippen molar-refractivity contribution in [3.05, 3.63) is 148 Å². The van der Waals surface area contributed by atoms with Crippen molar-refractivity contribution in [1.29, 1.82) is 0 Å².